The largest absolute Gasteiger partial charge is 0.390 e. The van der Waals surface area contributed by atoms with Gasteiger partial charge in [0, 0.05) is 6.42 Å². The van der Waals surface area contributed by atoms with E-state index in [0.717, 1.165) is 12.5 Å². The van der Waals surface area contributed by atoms with Crippen LogP contribution in [-0.2, 0) is 6.42 Å². The average molecular weight is 254 g/mol. The van der Waals surface area contributed by atoms with Gasteiger partial charge in [-0.15, -0.1) is 0 Å². The third-order valence-corrected chi connectivity index (χ3v) is 4.29. The molecule has 0 aromatic heterocycles. The topological polar surface area (TPSA) is 20.2 Å². The standard InChI is InChI=1S/C15H20F2O/c1-10-6-7-15(18,8-11(10)2)9-12-4-3-5-13(16)14(12)17/h3-5,10-11,18H,6-9H2,1-2H3. The van der Waals surface area contributed by atoms with Gasteiger partial charge in [0.2, 0.25) is 0 Å². The second kappa shape index (κ2) is 4.96. The highest BCUT2D eigenvalue weighted by Gasteiger charge is 2.36. The van der Waals surface area contributed by atoms with E-state index in [1.165, 1.54) is 6.07 Å². The van der Waals surface area contributed by atoms with E-state index < -0.39 is 17.2 Å². The van der Waals surface area contributed by atoms with Gasteiger partial charge in [-0.3, -0.25) is 0 Å². The van der Waals surface area contributed by atoms with Crippen molar-refractivity contribution in [2.45, 2.75) is 45.1 Å². The molecule has 100 valence electrons. The summed E-state index contributed by atoms with van der Waals surface area (Å²) in [6.07, 6.45) is 2.46. The van der Waals surface area contributed by atoms with Crippen LogP contribution in [0.5, 0.6) is 0 Å². The second-order valence-electron chi connectivity index (χ2n) is 5.81. The molecule has 1 fully saturated rings. The van der Waals surface area contributed by atoms with Crippen LogP contribution in [0.3, 0.4) is 0 Å². The zero-order valence-electron chi connectivity index (χ0n) is 10.9. The Balaban J connectivity index is 2.15. The molecule has 0 heterocycles. The maximum atomic E-state index is 13.6. The molecule has 1 aliphatic carbocycles. The van der Waals surface area contributed by atoms with Crippen LogP contribution in [0.4, 0.5) is 8.78 Å². The Hall–Kier alpha value is -0.960. The Labute approximate surface area is 107 Å². The van der Waals surface area contributed by atoms with Crippen LogP contribution in [0.2, 0.25) is 0 Å². The van der Waals surface area contributed by atoms with Crippen LogP contribution < -0.4 is 0 Å². The first-order valence-electron chi connectivity index (χ1n) is 6.56. The van der Waals surface area contributed by atoms with Gasteiger partial charge in [0.1, 0.15) is 0 Å². The highest BCUT2D eigenvalue weighted by atomic mass is 19.2. The first kappa shape index (κ1) is 13.5. The molecule has 1 aromatic carbocycles. The zero-order chi connectivity index (χ0) is 13.3. The van der Waals surface area contributed by atoms with E-state index in [4.69, 9.17) is 0 Å². The highest BCUT2D eigenvalue weighted by molar-refractivity contribution is 5.21. The van der Waals surface area contributed by atoms with Crippen molar-refractivity contribution in [1.82, 2.24) is 0 Å². The van der Waals surface area contributed by atoms with E-state index in [1.807, 2.05) is 0 Å². The molecular formula is C15H20F2O. The molecule has 18 heavy (non-hydrogen) atoms. The molecular weight excluding hydrogens is 234 g/mol. The summed E-state index contributed by atoms with van der Waals surface area (Å²) in [5.41, 5.74) is -0.611. The molecule has 3 heteroatoms. The lowest BCUT2D eigenvalue weighted by Gasteiger charge is -2.39. The monoisotopic (exact) mass is 254 g/mol. The summed E-state index contributed by atoms with van der Waals surface area (Å²) in [6, 6.07) is 4.15. The van der Waals surface area contributed by atoms with Crippen LogP contribution in [0.25, 0.3) is 0 Å². The molecule has 0 amide bonds. The molecule has 2 rings (SSSR count). The van der Waals surface area contributed by atoms with Crippen molar-refractivity contribution in [2.24, 2.45) is 11.8 Å². The average Bonchev–Trinajstić information content (AvgIpc) is 2.31. The Morgan fingerprint density at radius 3 is 2.67 bits per heavy atom. The minimum Gasteiger partial charge on any atom is -0.390 e. The summed E-state index contributed by atoms with van der Waals surface area (Å²) >= 11 is 0. The third-order valence-electron chi connectivity index (χ3n) is 4.29. The van der Waals surface area contributed by atoms with Crippen molar-refractivity contribution in [3.63, 3.8) is 0 Å². The molecule has 3 atom stereocenters. The lowest BCUT2D eigenvalue weighted by molar-refractivity contribution is -0.0285. The summed E-state index contributed by atoms with van der Waals surface area (Å²) in [5.74, 6) is -0.659. The normalized spacial score (nSPS) is 32.5. The van der Waals surface area contributed by atoms with E-state index in [2.05, 4.69) is 13.8 Å². The van der Waals surface area contributed by atoms with Crippen molar-refractivity contribution in [1.29, 1.82) is 0 Å². The van der Waals surface area contributed by atoms with E-state index in [-0.39, 0.29) is 12.0 Å². The van der Waals surface area contributed by atoms with Gasteiger partial charge in [0.05, 0.1) is 5.60 Å². The summed E-state index contributed by atoms with van der Waals surface area (Å²) in [4.78, 5) is 0. The molecule has 0 spiro atoms. The van der Waals surface area contributed by atoms with Crippen LogP contribution >= 0.6 is 0 Å². The first-order chi connectivity index (χ1) is 8.41. The van der Waals surface area contributed by atoms with Crippen molar-refractivity contribution in [2.75, 3.05) is 0 Å². The van der Waals surface area contributed by atoms with E-state index in [0.29, 0.717) is 24.7 Å². The van der Waals surface area contributed by atoms with Gasteiger partial charge in [-0.25, -0.2) is 8.78 Å². The number of aliphatic hydroxyl groups is 1. The third kappa shape index (κ3) is 2.72. The molecule has 0 radical (unpaired) electrons. The number of halogens is 2. The SMILES string of the molecule is CC1CCC(O)(Cc2cccc(F)c2F)CC1C. The van der Waals surface area contributed by atoms with Gasteiger partial charge in [-0.1, -0.05) is 26.0 Å². The van der Waals surface area contributed by atoms with E-state index >= 15 is 0 Å². The Morgan fingerprint density at radius 1 is 1.28 bits per heavy atom. The van der Waals surface area contributed by atoms with Crippen LogP contribution in [-0.4, -0.2) is 10.7 Å². The van der Waals surface area contributed by atoms with Crippen molar-refractivity contribution >= 4 is 0 Å². The number of hydrogen-bond donors (Lipinski definition) is 1. The van der Waals surface area contributed by atoms with Gasteiger partial charge in [-0.2, -0.15) is 0 Å². The molecule has 1 aromatic rings. The molecule has 1 aliphatic rings. The first-order valence-corrected chi connectivity index (χ1v) is 6.56. The fourth-order valence-corrected chi connectivity index (χ4v) is 2.88. The van der Waals surface area contributed by atoms with Crippen LogP contribution in [0, 0.1) is 23.5 Å². The van der Waals surface area contributed by atoms with E-state index in [9.17, 15) is 13.9 Å². The number of hydrogen-bond acceptors (Lipinski definition) is 1. The zero-order valence-corrected chi connectivity index (χ0v) is 10.9. The van der Waals surface area contributed by atoms with Gasteiger partial charge >= 0.3 is 0 Å². The maximum absolute atomic E-state index is 13.6. The Bertz CT molecular complexity index is 433. The smallest absolute Gasteiger partial charge is 0.162 e. The van der Waals surface area contributed by atoms with Crippen LogP contribution in [0.15, 0.2) is 18.2 Å². The predicted octanol–water partition coefficient (Wildman–Crippen LogP) is 3.69. The second-order valence-corrected chi connectivity index (χ2v) is 5.81. The molecule has 0 saturated heterocycles. The van der Waals surface area contributed by atoms with Crippen molar-refractivity contribution < 1.29 is 13.9 Å². The summed E-state index contributed by atoms with van der Waals surface area (Å²) in [5, 5.41) is 10.5. The fourth-order valence-electron chi connectivity index (χ4n) is 2.88. The molecule has 1 N–H and O–H groups in total. The van der Waals surface area contributed by atoms with Crippen molar-refractivity contribution in [3.8, 4) is 0 Å². The molecule has 0 aliphatic heterocycles. The van der Waals surface area contributed by atoms with Gasteiger partial charge in [-0.05, 0) is 42.7 Å². The molecule has 3 unspecified atom stereocenters. The Morgan fingerprint density at radius 2 is 2.00 bits per heavy atom. The lowest BCUT2D eigenvalue weighted by atomic mass is 9.71. The van der Waals surface area contributed by atoms with Gasteiger partial charge in [0.15, 0.2) is 11.6 Å². The lowest BCUT2D eigenvalue weighted by Crippen LogP contribution is -2.39. The van der Waals surface area contributed by atoms with Crippen molar-refractivity contribution in [3.05, 3.63) is 35.4 Å². The molecule has 1 nitrogen and oxygen atoms in total. The van der Waals surface area contributed by atoms with Crippen LogP contribution in [0.1, 0.15) is 38.7 Å². The summed E-state index contributed by atoms with van der Waals surface area (Å²) < 4.78 is 26.8. The molecule has 1 saturated carbocycles. The highest BCUT2D eigenvalue weighted by Crippen LogP contribution is 2.38. The summed E-state index contributed by atoms with van der Waals surface area (Å²) in [7, 11) is 0. The predicted molar refractivity (Wildman–Crippen MR) is 67.2 cm³/mol. The quantitative estimate of drug-likeness (QED) is 0.853. The number of rotatable bonds is 2. The summed E-state index contributed by atoms with van der Waals surface area (Å²) in [6.45, 7) is 4.28. The van der Waals surface area contributed by atoms with Gasteiger partial charge in [0.25, 0.3) is 0 Å². The molecule has 0 bridgehead atoms. The number of benzene rings is 1. The minimum atomic E-state index is -0.888. The maximum Gasteiger partial charge on any atom is 0.162 e. The van der Waals surface area contributed by atoms with Gasteiger partial charge < -0.3 is 5.11 Å². The van der Waals surface area contributed by atoms with E-state index in [1.54, 1.807) is 6.07 Å². The minimum absolute atomic E-state index is 0.202. The Kier molecular flexibility index (Phi) is 3.71. The fraction of sp³-hybridized carbons (Fsp3) is 0.600.